The molecule has 0 aliphatic heterocycles. The summed E-state index contributed by atoms with van der Waals surface area (Å²) in [5, 5.41) is 2.83. The standard InChI is InChI=1S/C19H14N4O2/c20-14-4-1-3-13(11-14)18(24)22-15-8-6-12(7-9-15)19-23-17-16(25-19)5-2-10-21-17/h1-11H,20H2,(H,22,24). The van der Waals surface area contributed by atoms with Gasteiger partial charge in [0.05, 0.1) is 0 Å². The molecule has 0 unspecified atom stereocenters. The molecule has 0 bridgehead atoms. The molecule has 6 nitrogen and oxygen atoms in total. The van der Waals surface area contributed by atoms with Crippen molar-refractivity contribution in [3.63, 3.8) is 0 Å². The van der Waals surface area contributed by atoms with Gasteiger partial charge in [-0.15, -0.1) is 0 Å². The maximum Gasteiger partial charge on any atom is 0.255 e. The number of benzene rings is 2. The minimum Gasteiger partial charge on any atom is -0.434 e. The van der Waals surface area contributed by atoms with E-state index in [0.717, 1.165) is 5.56 Å². The van der Waals surface area contributed by atoms with Gasteiger partial charge in [0.25, 0.3) is 5.91 Å². The van der Waals surface area contributed by atoms with E-state index in [-0.39, 0.29) is 5.91 Å². The van der Waals surface area contributed by atoms with E-state index in [0.29, 0.717) is 34.1 Å². The summed E-state index contributed by atoms with van der Waals surface area (Å²) < 4.78 is 5.68. The molecule has 0 saturated heterocycles. The molecule has 122 valence electrons. The van der Waals surface area contributed by atoms with E-state index < -0.39 is 0 Å². The molecule has 0 aliphatic carbocycles. The van der Waals surface area contributed by atoms with Gasteiger partial charge in [-0.3, -0.25) is 4.79 Å². The van der Waals surface area contributed by atoms with Gasteiger partial charge < -0.3 is 15.5 Å². The summed E-state index contributed by atoms with van der Waals surface area (Å²) in [7, 11) is 0. The first-order valence-electron chi connectivity index (χ1n) is 7.68. The highest BCUT2D eigenvalue weighted by Crippen LogP contribution is 2.24. The number of nitrogens with two attached hydrogens (primary N) is 1. The fourth-order valence-electron chi connectivity index (χ4n) is 2.47. The zero-order valence-electron chi connectivity index (χ0n) is 13.1. The normalized spacial score (nSPS) is 10.7. The SMILES string of the molecule is Nc1cccc(C(=O)Nc2ccc(-c3nc4ncccc4o3)cc2)c1. The quantitative estimate of drug-likeness (QED) is 0.558. The number of fused-ring (bicyclic) bond motifs is 1. The van der Waals surface area contributed by atoms with E-state index >= 15 is 0 Å². The molecule has 6 heteroatoms. The van der Waals surface area contributed by atoms with E-state index in [1.165, 1.54) is 0 Å². The molecule has 0 fully saturated rings. The monoisotopic (exact) mass is 330 g/mol. The topological polar surface area (TPSA) is 94.0 Å². The Morgan fingerprint density at radius 2 is 1.88 bits per heavy atom. The van der Waals surface area contributed by atoms with Crippen LogP contribution in [0.2, 0.25) is 0 Å². The molecule has 2 aromatic heterocycles. The molecule has 0 atom stereocenters. The lowest BCUT2D eigenvalue weighted by molar-refractivity contribution is 0.102. The third-order valence-corrected chi connectivity index (χ3v) is 3.70. The van der Waals surface area contributed by atoms with Crippen LogP contribution in [0.15, 0.2) is 71.3 Å². The lowest BCUT2D eigenvalue weighted by atomic mass is 10.1. The Kier molecular flexibility index (Phi) is 3.63. The molecule has 0 saturated carbocycles. The van der Waals surface area contributed by atoms with Gasteiger partial charge in [0.1, 0.15) is 0 Å². The highest BCUT2D eigenvalue weighted by Gasteiger charge is 2.10. The summed E-state index contributed by atoms with van der Waals surface area (Å²) >= 11 is 0. The minimum absolute atomic E-state index is 0.217. The number of carbonyl (C=O) groups excluding carboxylic acids is 1. The van der Waals surface area contributed by atoms with Gasteiger partial charge in [0.15, 0.2) is 11.2 Å². The van der Waals surface area contributed by atoms with Crippen LogP contribution in [0.3, 0.4) is 0 Å². The second kappa shape index (κ2) is 6.09. The first-order chi connectivity index (χ1) is 12.2. The van der Waals surface area contributed by atoms with Gasteiger partial charge in [-0.2, -0.15) is 4.98 Å². The largest absolute Gasteiger partial charge is 0.434 e. The Bertz CT molecular complexity index is 1020. The number of nitrogens with one attached hydrogen (secondary N) is 1. The molecule has 4 rings (SSSR count). The third kappa shape index (κ3) is 3.05. The highest BCUT2D eigenvalue weighted by molar-refractivity contribution is 6.04. The lowest BCUT2D eigenvalue weighted by Crippen LogP contribution is -2.11. The van der Waals surface area contributed by atoms with Crippen LogP contribution in [-0.2, 0) is 0 Å². The Labute approximate surface area is 143 Å². The fourth-order valence-corrected chi connectivity index (χ4v) is 2.47. The Morgan fingerprint density at radius 1 is 1.04 bits per heavy atom. The molecule has 2 aromatic carbocycles. The van der Waals surface area contributed by atoms with Crippen LogP contribution in [0.5, 0.6) is 0 Å². The number of hydrogen-bond donors (Lipinski definition) is 2. The van der Waals surface area contributed by atoms with Crippen molar-refractivity contribution < 1.29 is 9.21 Å². The van der Waals surface area contributed by atoms with Gasteiger partial charge in [-0.1, -0.05) is 6.07 Å². The van der Waals surface area contributed by atoms with Crippen LogP contribution in [0.4, 0.5) is 11.4 Å². The van der Waals surface area contributed by atoms with Crippen LogP contribution in [0, 0.1) is 0 Å². The van der Waals surface area contributed by atoms with Gasteiger partial charge in [-0.05, 0) is 54.6 Å². The molecule has 25 heavy (non-hydrogen) atoms. The highest BCUT2D eigenvalue weighted by atomic mass is 16.3. The van der Waals surface area contributed by atoms with Gasteiger partial charge in [0.2, 0.25) is 5.89 Å². The summed E-state index contributed by atoms with van der Waals surface area (Å²) in [5.41, 5.74) is 9.44. The van der Waals surface area contributed by atoms with Crippen molar-refractivity contribution >= 4 is 28.5 Å². The van der Waals surface area contributed by atoms with Crippen molar-refractivity contribution in [1.29, 1.82) is 0 Å². The molecule has 3 N–H and O–H groups in total. The summed E-state index contributed by atoms with van der Waals surface area (Å²) in [6, 6.07) is 17.7. The van der Waals surface area contributed by atoms with Crippen molar-refractivity contribution in [2.45, 2.75) is 0 Å². The molecule has 1 amide bonds. The zero-order chi connectivity index (χ0) is 17.2. The number of rotatable bonds is 3. The number of nitrogens with zero attached hydrogens (tertiary/aromatic N) is 2. The average molecular weight is 330 g/mol. The minimum atomic E-state index is -0.217. The lowest BCUT2D eigenvalue weighted by Gasteiger charge is -2.06. The number of aromatic nitrogens is 2. The maximum absolute atomic E-state index is 12.2. The fraction of sp³-hybridized carbons (Fsp3) is 0. The number of nitrogen functional groups attached to an aromatic ring is 1. The van der Waals surface area contributed by atoms with E-state index in [1.807, 2.05) is 18.2 Å². The first kappa shape index (κ1) is 14.9. The number of anilines is 2. The van der Waals surface area contributed by atoms with Gasteiger partial charge >= 0.3 is 0 Å². The van der Waals surface area contributed by atoms with Crippen LogP contribution >= 0.6 is 0 Å². The second-order valence-electron chi connectivity index (χ2n) is 5.50. The second-order valence-corrected chi connectivity index (χ2v) is 5.50. The zero-order valence-corrected chi connectivity index (χ0v) is 13.1. The summed E-state index contributed by atoms with van der Waals surface area (Å²) in [5.74, 6) is 0.272. The molecule has 0 radical (unpaired) electrons. The van der Waals surface area contributed by atoms with Crippen LogP contribution in [-0.4, -0.2) is 15.9 Å². The summed E-state index contributed by atoms with van der Waals surface area (Å²) in [6.07, 6.45) is 1.67. The number of amides is 1. The smallest absolute Gasteiger partial charge is 0.255 e. The predicted molar refractivity (Wildman–Crippen MR) is 96.0 cm³/mol. The average Bonchev–Trinajstić information content (AvgIpc) is 3.06. The van der Waals surface area contributed by atoms with Crippen molar-refractivity contribution in [2.75, 3.05) is 11.1 Å². The number of hydrogen-bond acceptors (Lipinski definition) is 5. The molecule has 0 aliphatic rings. The van der Waals surface area contributed by atoms with Crippen molar-refractivity contribution in [3.05, 3.63) is 72.4 Å². The van der Waals surface area contributed by atoms with E-state index in [4.69, 9.17) is 10.2 Å². The van der Waals surface area contributed by atoms with Gasteiger partial charge in [-0.25, -0.2) is 4.98 Å². The molecule has 2 heterocycles. The maximum atomic E-state index is 12.2. The van der Waals surface area contributed by atoms with Crippen molar-refractivity contribution in [3.8, 4) is 11.5 Å². The summed E-state index contributed by atoms with van der Waals surface area (Å²) in [4.78, 5) is 20.7. The molecule has 4 aromatic rings. The van der Waals surface area contributed by atoms with Crippen LogP contribution in [0.25, 0.3) is 22.7 Å². The van der Waals surface area contributed by atoms with Crippen LogP contribution in [0.1, 0.15) is 10.4 Å². The van der Waals surface area contributed by atoms with E-state index in [9.17, 15) is 4.79 Å². The Morgan fingerprint density at radius 3 is 2.64 bits per heavy atom. The first-order valence-corrected chi connectivity index (χ1v) is 7.68. The van der Waals surface area contributed by atoms with E-state index in [1.54, 1.807) is 48.7 Å². The number of oxazole rings is 1. The van der Waals surface area contributed by atoms with Crippen LogP contribution < -0.4 is 11.1 Å². The summed E-state index contributed by atoms with van der Waals surface area (Å²) in [6.45, 7) is 0. The molecular formula is C19H14N4O2. The molecular weight excluding hydrogens is 316 g/mol. The molecule has 0 spiro atoms. The third-order valence-electron chi connectivity index (χ3n) is 3.70. The van der Waals surface area contributed by atoms with E-state index in [2.05, 4.69) is 15.3 Å². The van der Waals surface area contributed by atoms with Crippen molar-refractivity contribution in [1.82, 2.24) is 9.97 Å². The Balaban J connectivity index is 1.54. The van der Waals surface area contributed by atoms with Gasteiger partial charge in [0, 0.05) is 28.7 Å². The van der Waals surface area contributed by atoms with Crippen molar-refractivity contribution in [2.24, 2.45) is 0 Å². The number of pyridine rings is 1. The number of carbonyl (C=O) groups is 1. The predicted octanol–water partition coefficient (Wildman–Crippen LogP) is 3.72. The Hall–Kier alpha value is -3.67.